The van der Waals surface area contributed by atoms with Gasteiger partial charge in [0.25, 0.3) is 0 Å². The van der Waals surface area contributed by atoms with Crippen molar-refractivity contribution in [3.63, 3.8) is 0 Å². The van der Waals surface area contributed by atoms with Crippen LogP contribution in [0.5, 0.6) is 0 Å². The first kappa shape index (κ1) is 38.5. The average Bonchev–Trinajstić information content (AvgIpc) is 3.65. The minimum absolute atomic E-state index is 0.296. The minimum Gasteiger partial charge on any atom is -0.310 e. The Morgan fingerprint density at radius 1 is 0.297 bits per heavy atom. The normalized spacial score (nSPS) is 12.6. The van der Waals surface area contributed by atoms with Crippen molar-refractivity contribution in [2.75, 3.05) is 9.80 Å². The highest BCUT2D eigenvalue weighted by Crippen LogP contribution is 2.47. The molecule has 1 aliphatic rings. The van der Waals surface area contributed by atoms with Gasteiger partial charge in [0.05, 0.1) is 26.3 Å². The molecule has 0 spiro atoms. The number of hydrogen-bond acceptors (Lipinski definition) is 9. The molecular weight excluding hydrogens is 809 g/mol. The third-order valence-electron chi connectivity index (χ3n) is 10.9. The van der Waals surface area contributed by atoms with Gasteiger partial charge in [-0.2, -0.15) is 19.9 Å². The number of benzene rings is 8. The van der Waals surface area contributed by atoms with Crippen molar-refractivity contribution >= 4 is 45.4 Å². The van der Waals surface area contributed by atoms with Gasteiger partial charge < -0.3 is 4.90 Å². The summed E-state index contributed by atoms with van der Waals surface area (Å²) in [4.78, 5) is 36.2. The van der Waals surface area contributed by atoms with E-state index in [0.717, 1.165) is 55.3 Å². The number of fused-ring (bicyclic) bond motifs is 3. The monoisotopic (exact) mass is 844 g/mol. The molecular formula is C54H36N8OS. The van der Waals surface area contributed by atoms with Crippen LogP contribution in [-0.4, -0.2) is 34.1 Å². The fourth-order valence-corrected chi connectivity index (χ4v) is 9.25. The molecule has 3 heterocycles. The lowest BCUT2D eigenvalue weighted by Gasteiger charge is -2.26. The maximum Gasteiger partial charge on any atom is 0.241 e. The Hall–Kier alpha value is -8.47. The van der Waals surface area contributed by atoms with Crippen molar-refractivity contribution in [1.29, 1.82) is 0 Å². The van der Waals surface area contributed by atoms with Crippen molar-refractivity contribution in [1.82, 2.24) is 29.9 Å². The van der Waals surface area contributed by atoms with Crippen LogP contribution < -0.4 is 9.80 Å². The first-order valence-electron chi connectivity index (χ1n) is 20.8. The SMILES string of the molecule is O=S1c2ccc(N(c3ccccc3)c3ccccc3)cc2-c2cc(N(c3nc(-c4ccccc4)nc(-c4ccccc4)n3)c3nc(-c4ccccc4)nc(-c4ccccc4)n3)ccc21. The number of anilines is 6. The lowest BCUT2D eigenvalue weighted by molar-refractivity contribution is 0.685. The van der Waals surface area contributed by atoms with Crippen molar-refractivity contribution in [3.05, 3.63) is 218 Å². The molecule has 0 N–H and O–H groups in total. The van der Waals surface area contributed by atoms with Crippen molar-refractivity contribution in [3.8, 4) is 56.7 Å². The molecule has 0 saturated carbocycles. The molecule has 0 bridgehead atoms. The second-order valence-corrected chi connectivity index (χ2v) is 16.4. The average molecular weight is 845 g/mol. The molecule has 10 heteroatoms. The Labute approximate surface area is 372 Å². The fourth-order valence-electron chi connectivity index (χ4n) is 7.89. The predicted molar refractivity (Wildman–Crippen MR) is 254 cm³/mol. The van der Waals surface area contributed by atoms with Crippen molar-refractivity contribution in [2.24, 2.45) is 0 Å². The smallest absolute Gasteiger partial charge is 0.241 e. The van der Waals surface area contributed by atoms with E-state index in [4.69, 9.17) is 29.9 Å². The maximum absolute atomic E-state index is 14.4. The quantitative estimate of drug-likeness (QED) is 0.133. The minimum atomic E-state index is -1.43. The van der Waals surface area contributed by atoms with E-state index in [9.17, 15) is 4.21 Å². The van der Waals surface area contributed by atoms with Crippen LogP contribution in [0.2, 0.25) is 0 Å². The van der Waals surface area contributed by atoms with E-state index in [2.05, 4.69) is 35.2 Å². The van der Waals surface area contributed by atoms with E-state index >= 15 is 0 Å². The Bertz CT molecular complexity index is 3010. The Balaban J connectivity index is 1.15. The van der Waals surface area contributed by atoms with Crippen LogP contribution >= 0.6 is 0 Å². The molecule has 1 atom stereocenters. The summed E-state index contributed by atoms with van der Waals surface area (Å²) in [5.74, 6) is 2.51. The molecule has 0 radical (unpaired) electrons. The molecule has 0 aliphatic carbocycles. The molecule has 10 aromatic rings. The molecule has 304 valence electrons. The largest absolute Gasteiger partial charge is 0.310 e. The van der Waals surface area contributed by atoms with Gasteiger partial charge in [-0.3, -0.25) is 0 Å². The van der Waals surface area contributed by atoms with Crippen molar-refractivity contribution in [2.45, 2.75) is 9.79 Å². The lowest BCUT2D eigenvalue weighted by Crippen LogP contribution is -2.19. The van der Waals surface area contributed by atoms with Crippen LogP contribution in [-0.2, 0) is 10.8 Å². The second-order valence-electron chi connectivity index (χ2n) is 15.0. The summed E-state index contributed by atoms with van der Waals surface area (Å²) in [6, 6.07) is 72.0. The third-order valence-corrected chi connectivity index (χ3v) is 12.4. The van der Waals surface area contributed by atoms with E-state index in [1.165, 1.54) is 0 Å². The van der Waals surface area contributed by atoms with Gasteiger partial charge in [0.2, 0.25) is 11.9 Å². The number of nitrogens with zero attached hydrogens (tertiary/aromatic N) is 8. The van der Waals surface area contributed by atoms with E-state index in [1.54, 1.807) is 0 Å². The molecule has 0 fully saturated rings. The molecule has 11 rings (SSSR count). The zero-order valence-corrected chi connectivity index (χ0v) is 35.0. The summed E-state index contributed by atoms with van der Waals surface area (Å²) < 4.78 is 14.4. The summed E-state index contributed by atoms with van der Waals surface area (Å²) in [5.41, 5.74) is 8.56. The van der Waals surface area contributed by atoms with Crippen LogP contribution in [0.3, 0.4) is 0 Å². The molecule has 9 nitrogen and oxygen atoms in total. The van der Waals surface area contributed by atoms with Gasteiger partial charge in [-0.05, 0) is 60.7 Å². The zero-order chi connectivity index (χ0) is 42.8. The topological polar surface area (TPSA) is 101 Å². The molecule has 8 aromatic carbocycles. The first-order valence-corrected chi connectivity index (χ1v) is 21.9. The third kappa shape index (κ3) is 7.37. The van der Waals surface area contributed by atoms with Crippen LogP contribution in [0.15, 0.2) is 228 Å². The molecule has 2 aromatic heterocycles. The summed E-state index contributed by atoms with van der Waals surface area (Å²) in [7, 11) is -1.43. The zero-order valence-electron chi connectivity index (χ0n) is 34.2. The predicted octanol–water partition coefficient (Wildman–Crippen LogP) is 12.8. The van der Waals surface area contributed by atoms with E-state index < -0.39 is 10.8 Å². The molecule has 0 saturated heterocycles. The maximum atomic E-state index is 14.4. The van der Waals surface area contributed by atoms with Gasteiger partial charge >= 0.3 is 0 Å². The Morgan fingerprint density at radius 3 is 0.922 bits per heavy atom. The van der Waals surface area contributed by atoms with Gasteiger partial charge in [-0.15, -0.1) is 0 Å². The number of aromatic nitrogens is 6. The standard InChI is InChI=1S/C54H36N8OS/c63-64-47-33-31-43(61(41-27-15-5-16-28-41)42-29-17-6-18-30-42)35-45(47)46-36-44(32-34-48(46)64)62(53-57-49(37-19-7-1-8-20-37)55-50(58-53)38-21-9-2-10-22-38)54-59-51(39-23-11-3-12-24-39)56-52(60-54)40-25-13-4-14-26-40/h1-36H. The van der Waals surface area contributed by atoms with Crippen LogP contribution in [0.25, 0.3) is 56.7 Å². The lowest BCUT2D eigenvalue weighted by atomic mass is 10.0. The number of hydrogen-bond donors (Lipinski definition) is 0. The van der Waals surface area contributed by atoms with Gasteiger partial charge in [-0.1, -0.05) is 158 Å². The Morgan fingerprint density at radius 2 is 0.594 bits per heavy atom. The van der Waals surface area contributed by atoms with Crippen LogP contribution in [0, 0.1) is 0 Å². The molecule has 1 aliphatic heterocycles. The second kappa shape index (κ2) is 16.8. The highest BCUT2D eigenvalue weighted by Gasteiger charge is 2.31. The van der Waals surface area contributed by atoms with Gasteiger partial charge in [-0.25, -0.2) is 19.1 Å². The fraction of sp³-hybridized carbons (Fsp3) is 0. The van der Waals surface area contributed by atoms with Gasteiger partial charge in [0.15, 0.2) is 23.3 Å². The molecule has 64 heavy (non-hydrogen) atoms. The molecule has 0 amide bonds. The van der Waals surface area contributed by atoms with E-state index in [-0.39, 0.29) is 0 Å². The van der Waals surface area contributed by atoms with Crippen LogP contribution in [0.1, 0.15) is 0 Å². The summed E-state index contributed by atoms with van der Waals surface area (Å²) in [5, 5.41) is 0. The molecule has 1 unspecified atom stereocenters. The Kier molecular flexibility index (Phi) is 10.1. The van der Waals surface area contributed by atoms with Crippen LogP contribution in [0.4, 0.5) is 34.6 Å². The summed E-state index contributed by atoms with van der Waals surface area (Å²) in [6.07, 6.45) is 0. The number of para-hydroxylation sites is 2. The van der Waals surface area contributed by atoms with Gasteiger partial charge in [0.1, 0.15) is 0 Å². The van der Waals surface area contributed by atoms with Gasteiger partial charge in [0, 0.05) is 50.4 Å². The first-order chi connectivity index (χ1) is 31.6. The van der Waals surface area contributed by atoms with E-state index in [1.807, 2.05) is 193 Å². The summed E-state index contributed by atoms with van der Waals surface area (Å²) >= 11 is 0. The highest BCUT2D eigenvalue weighted by molar-refractivity contribution is 7.85. The summed E-state index contributed by atoms with van der Waals surface area (Å²) in [6.45, 7) is 0. The van der Waals surface area contributed by atoms with E-state index in [0.29, 0.717) is 45.8 Å². The highest BCUT2D eigenvalue weighted by atomic mass is 32.2. The number of rotatable bonds is 10. The van der Waals surface area contributed by atoms with Crippen molar-refractivity contribution < 1.29 is 4.21 Å².